The molecule has 1 aromatic carbocycles. The molecule has 0 unspecified atom stereocenters. The Hall–Kier alpha value is -3.78. The van der Waals surface area contributed by atoms with Gasteiger partial charge in [0.25, 0.3) is 0 Å². The number of aromatic nitrogens is 4. The number of anilines is 1. The number of hydrogen-bond acceptors (Lipinski definition) is 6. The van der Waals surface area contributed by atoms with Crippen LogP contribution in [0.4, 0.5) is 5.82 Å². The zero-order valence-electron chi connectivity index (χ0n) is 16.1. The molecule has 1 amide bonds. The van der Waals surface area contributed by atoms with E-state index in [1.54, 1.807) is 19.4 Å². The molecule has 0 fully saturated rings. The van der Waals surface area contributed by atoms with Crippen molar-refractivity contribution in [2.24, 2.45) is 0 Å². The van der Waals surface area contributed by atoms with Gasteiger partial charge in [0.2, 0.25) is 5.91 Å². The summed E-state index contributed by atoms with van der Waals surface area (Å²) in [6.07, 6.45) is 3.62. The minimum atomic E-state index is -0.126. The molecule has 0 radical (unpaired) electrons. The molecule has 8 heteroatoms. The van der Waals surface area contributed by atoms with Crippen molar-refractivity contribution in [2.75, 3.05) is 19.9 Å². The van der Waals surface area contributed by atoms with Crippen LogP contribution in [0.15, 0.2) is 60.9 Å². The van der Waals surface area contributed by atoms with Gasteiger partial charge in [0, 0.05) is 25.1 Å². The third-order valence-corrected chi connectivity index (χ3v) is 4.67. The van der Waals surface area contributed by atoms with Gasteiger partial charge in [-0.2, -0.15) is 0 Å². The maximum absolute atomic E-state index is 12.1. The molecule has 0 saturated heterocycles. The highest BCUT2D eigenvalue weighted by molar-refractivity contribution is 5.82. The molecule has 146 valence electrons. The summed E-state index contributed by atoms with van der Waals surface area (Å²) >= 11 is 0. The van der Waals surface area contributed by atoms with Crippen LogP contribution in [-0.2, 0) is 16.1 Å². The third-order valence-electron chi connectivity index (χ3n) is 4.67. The van der Waals surface area contributed by atoms with Gasteiger partial charge in [0.15, 0.2) is 11.5 Å². The van der Waals surface area contributed by atoms with Crippen LogP contribution in [0.2, 0.25) is 0 Å². The molecule has 3 heterocycles. The predicted octanol–water partition coefficient (Wildman–Crippen LogP) is 2.63. The van der Waals surface area contributed by atoms with Gasteiger partial charge in [-0.3, -0.25) is 14.2 Å². The molecule has 0 saturated carbocycles. The highest BCUT2D eigenvalue weighted by Gasteiger charge is 2.17. The van der Waals surface area contributed by atoms with E-state index in [1.807, 2.05) is 53.1 Å². The molecule has 0 spiro atoms. The minimum absolute atomic E-state index is 0.126. The molecule has 0 aliphatic carbocycles. The summed E-state index contributed by atoms with van der Waals surface area (Å²) in [5, 5.41) is 1.21. The van der Waals surface area contributed by atoms with Crippen LogP contribution in [0.25, 0.3) is 28.2 Å². The van der Waals surface area contributed by atoms with Crippen molar-refractivity contribution in [3.8, 4) is 17.1 Å². The molecule has 0 aliphatic heterocycles. The largest absolute Gasteiger partial charge is 0.383 e. The first-order chi connectivity index (χ1) is 14.1. The molecular weight excluding hydrogens is 368 g/mol. The number of carbonyl (C=O) groups is 1. The van der Waals surface area contributed by atoms with E-state index >= 15 is 0 Å². The highest BCUT2D eigenvalue weighted by Crippen LogP contribution is 2.30. The maximum Gasteiger partial charge on any atom is 0.250 e. The van der Waals surface area contributed by atoms with E-state index in [0.29, 0.717) is 17.3 Å². The molecule has 0 aliphatic rings. The number of nitrogen functional groups attached to an aromatic ring is 1. The summed E-state index contributed by atoms with van der Waals surface area (Å²) in [5.74, 6) is 0.930. The van der Waals surface area contributed by atoms with E-state index in [0.717, 1.165) is 22.3 Å². The van der Waals surface area contributed by atoms with Gasteiger partial charge in [-0.05, 0) is 42.0 Å². The zero-order chi connectivity index (χ0) is 20.4. The second-order valence-electron chi connectivity index (χ2n) is 6.47. The van der Waals surface area contributed by atoms with Gasteiger partial charge < -0.3 is 5.73 Å². The molecule has 3 aromatic heterocycles. The Balaban J connectivity index is 1.79. The average Bonchev–Trinajstić information content (AvgIpc) is 3.13. The van der Waals surface area contributed by atoms with Gasteiger partial charge in [-0.15, -0.1) is 0 Å². The molecule has 4 rings (SSSR count). The minimum Gasteiger partial charge on any atom is -0.383 e. The first-order valence-electron chi connectivity index (χ1n) is 9.03. The summed E-state index contributed by atoms with van der Waals surface area (Å²) in [5.41, 5.74) is 10.0. The summed E-state index contributed by atoms with van der Waals surface area (Å²) in [6, 6.07) is 15.1. The normalized spacial score (nSPS) is 11.0. The number of amides is 1. The van der Waals surface area contributed by atoms with Crippen LogP contribution in [0.5, 0.6) is 0 Å². The number of hydrogen-bond donors (Lipinski definition) is 1. The monoisotopic (exact) mass is 388 g/mol. The lowest BCUT2D eigenvalue weighted by molar-refractivity contribution is -0.167. The Morgan fingerprint density at radius 1 is 1.10 bits per heavy atom. The smallest absolute Gasteiger partial charge is 0.250 e. The first kappa shape index (κ1) is 18.6. The zero-order valence-corrected chi connectivity index (χ0v) is 16.1. The van der Waals surface area contributed by atoms with Crippen LogP contribution in [0.1, 0.15) is 5.56 Å². The van der Waals surface area contributed by atoms with Crippen molar-refractivity contribution >= 4 is 22.9 Å². The summed E-state index contributed by atoms with van der Waals surface area (Å²) in [4.78, 5) is 30.4. The van der Waals surface area contributed by atoms with Crippen LogP contribution >= 0.6 is 0 Å². The number of benzene rings is 1. The molecule has 29 heavy (non-hydrogen) atoms. The molecule has 8 nitrogen and oxygen atoms in total. The standard InChI is InChI=1S/C21H20N6O2/c1-26(29-2)18(28)13-14-7-9-15(10-8-14)27-20(16-5-3-11-23-19(16)22)25-17-6-4-12-24-21(17)27/h3-12H,13H2,1-2H3,(H2,22,23). The Kier molecular flexibility index (Phi) is 4.92. The average molecular weight is 388 g/mol. The van der Waals surface area contributed by atoms with E-state index in [9.17, 15) is 4.79 Å². The molecular formula is C21H20N6O2. The Morgan fingerprint density at radius 3 is 2.55 bits per heavy atom. The first-order valence-corrected chi connectivity index (χ1v) is 9.03. The van der Waals surface area contributed by atoms with Crippen LogP contribution in [0.3, 0.4) is 0 Å². The molecule has 4 aromatic rings. The van der Waals surface area contributed by atoms with Crippen LogP contribution < -0.4 is 5.73 Å². The lowest BCUT2D eigenvalue weighted by Gasteiger charge is -2.14. The second-order valence-corrected chi connectivity index (χ2v) is 6.47. The van der Waals surface area contributed by atoms with Gasteiger partial charge in [-0.1, -0.05) is 12.1 Å². The SMILES string of the molecule is CON(C)C(=O)Cc1ccc(-n2c(-c3cccnc3N)nc3cccnc32)cc1. The number of imidazole rings is 1. The second kappa shape index (κ2) is 7.69. The lowest BCUT2D eigenvalue weighted by Crippen LogP contribution is -2.26. The third kappa shape index (κ3) is 3.53. The van der Waals surface area contributed by atoms with E-state index in [1.165, 1.54) is 12.2 Å². The van der Waals surface area contributed by atoms with Gasteiger partial charge in [-0.25, -0.2) is 20.0 Å². The van der Waals surface area contributed by atoms with Crippen LogP contribution in [0, 0.1) is 0 Å². The predicted molar refractivity (Wildman–Crippen MR) is 110 cm³/mol. The van der Waals surface area contributed by atoms with Crippen LogP contribution in [-0.4, -0.2) is 44.6 Å². The summed E-state index contributed by atoms with van der Waals surface area (Å²) in [6.45, 7) is 0. The number of hydroxylamine groups is 2. The summed E-state index contributed by atoms with van der Waals surface area (Å²) < 4.78 is 1.94. The molecule has 0 atom stereocenters. The van der Waals surface area contributed by atoms with Crippen molar-refractivity contribution in [3.63, 3.8) is 0 Å². The fourth-order valence-corrected chi connectivity index (χ4v) is 3.09. The topological polar surface area (TPSA) is 99.2 Å². The fraction of sp³-hybridized carbons (Fsp3) is 0.143. The van der Waals surface area contributed by atoms with Crippen molar-refractivity contribution in [1.82, 2.24) is 24.6 Å². The molecule has 2 N–H and O–H groups in total. The van der Waals surface area contributed by atoms with E-state index in [-0.39, 0.29) is 12.3 Å². The molecule has 0 bridgehead atoms. The lowest BCUT2D eigenvalue weighted by atomic mass is 10.1. The number of fused-ring (bicyclic) bond motifs is 1. The fourth-order valence-electron chi connectivity index (χ4n) is 3.09. The summed E-state index contributed by atoms with van der Waals surface area (Å²) in [7, 11) is 3.05. The van der Waals surface area contributed by atoms with Crippen molar-refractivity contribution < 1.29 is 9.63 Å². The van der Waals surface area contributed by atoms with E-state index in [4.69, 9.17) is 15.6 Å². The number of rotatable bonds is 5. The van der Waals surface area contributed by atoms with Gasteiger partial charge in [0.05, 0.1) is 19.1 Å². The quantitative estimate of drug-likeness (QED) is 0.528. The number of nitrogens with zero attached hydrogens (tertiary/aromatic N) is 5. The van der Waals surface area contributed by atoms with Gasteiger partial charge >= 0.3 is 0 Å². The number of likely N-dealkylation sites (N-methyl/N-ethyl adjacent to an activating group) is 1. The highest BCUT2D eigenvalue weighted by atomic mass is 16.7. The van der Waals surface area contributed by atoms with Crippen molar-refractivity contribution in [1.29, 1.82) is 0 Å². The number of carbonyl (C=O) groups excluding carboxylic acids is 1. The van der Waals surface area contributed by atoms with E-state index < -0.39 is 0 Å². The maximum atomic E-state index is 12.1. The number of pyridine rings is 2. The van der Waals surface area contributed by atoms with Crippen molar-refractivity contribution in [2.45, 2.75) is 6.42 Å². The Labute approximate surface area is 167 Å². The Bertz CT molecular complexity index is 1170. The van der Waals surface area contributed by atoms with E-state index in [2.05, 4.69) is 9.97 Å². The van der Waals surface area contributed by atoms with Gasteiger partial charge in [0.1, 0.15) is 11.3 Å². The Morgan fingerprint density at radius 2 is 1.83 bits per heavy atom. The number of nitrogens with two attached hydrogens (primary N) is 1. The van der Waals surface area contributed by atoms with Crippen molar-refractivity contribution in [3.05, 3.63) is 66.5 Å².